The van der Waals surface area contributed by atoms with Crippen molar-refractivity contribution in [1.29, 1.82) is 0 Å². The second kappa shape index (κ2) is 3.85. The summed E-state index contributed by atoms with van der Waals surface area (Å²) in [5.74, 6) is 0.750. The number of nitrogens with two attached hydrogens (primary N) is 1. The monoisotopic (exact) mass is 260 g/mol. The van der Waals surface area contributed by atoms with Crippen LogP contribution < -0.4 is 11.2 Å². The lowest BCUT2D eigenvalue weighted by Gasteiger charge is -2.05. The fraction of sp³-hybridized carbons (Fsp3) is 0. The van der Waals surface area contributed by atoms with Gasteiger partial charge >= 0.3 is 0 Å². The molecule has 18 heavy (non-hydrogen) atoms. The van der Waals surface area contributed by atoms with Crippen LogP contribution in [0.5, 0.6) is 5.75 Å². The van der Waals surface area contributed by atoms with E-state index in [4.69, 9.17) is 17.3 Å². The summed E-state index contributed by atoms with van der Waals surface area (Å²) in [5, 5.41) is 13.9. The van der Waals surface area contributed by atoms with E-state index >= 15 is 0 Å². The number of rotatable bonds is 1. The molecule has 0 saturated heterocycles. The SMILES string of the molecule is Nc1ncnc2c1C(c1cc(O)cc(Cl)c1)=N[N]2. The normalized spacial score (nSPS) is 12.8. The topological polar surface area (TPSA) is 98.5 Å². The van der Waals surface area contributed by atoms with Crippen LogP contribution in [0.15, 0.2) is 29.6 Å². The van der Waals surface area contributed by atoms with Crippen molar-refractivity contribution in [3.05, 3.63) is 40.7 Å². The molecule has 0 spiro atoms. The van der Waals surface area contributed by atoms with Gasteiger partial charge in [0.1, 0.15) is 23.6 Å². The molecule has 3 rings (SSSR count). The summed E-state index contributed by atoms with van der Waals surface area (Å²) >= 11 is 5.89. The summed E-state index contributed by atoms with van der Waals surface area (Å²) in [6.07, 6.45) is 1.32. The standard InChI is InChI=1S/C11H7ClN5O/c12-6-1-5(2-7(18)3-6)9-8-10(13)14-4-15-11(8)17-16-9/h1-4,18H,(H2,13,14,15). The van der Waals surface area contributed by atoms with Gasteiger partial charge in [0, 0.05) is 10.6 Å². The third kappa shape index (κ3) is 1.63. The van der Waals surface area contributed by atoms with Gasteiger partial charge in [0.05, 0.1) is 5.56 Å². The van der Waals surface area contributed by atoms with Crippen LogP contribution in [0.4, 0.5) is 11.6 Å². The molecule has 1 aliphatic rings. The Hall–Kier alpha value is -2.34. The van der Waals surface area contributed by atoms with Gasteiger partial charge in [0.15, 0.2) is 5.82 Å². The molecule has 1 aliphatic heterocycles. The van der Waals surface area contributed by atoms with Crippen molar-refractivity contribution in [2.24, 2.45) is 5.10 Å². The van der Waals surface area contributed by atoms with E-state index in [-0.39, 0.29) is 5.75 Å². The molecule has 6 nitrogen and oxygen atoms in total. The molecular formula is C11H7ClN5O. The second-order valence-electron chi connectivity index (χ2n) is 3.70. The molecule has 0 bridgehead atoms. The zero-order chi connectivity index (χ0) is 12.7. The molecule has 0 aliphatic carbocycles. The molecule has 0 fully saturated rings. The van der Waals surface area contributed by atoms with Crippen molar-refractivity contribution in [2.75, 3.05) is 5.73 Å². The Balaban J connectivity index is 2.17. The molecule has 0 atom stereocenters. The highest BCUT2D eigenvalue weighted by Gasteiger charge is 2.24. The Kier molecular flexibility index (Phi) is 2.31. The maximum Gasteiger partial charge on any atom is 0.189 e. The van der Waals surface area contributed by atoms with E-state index in [1.807, 2.05) is 0 Å². The summed E-state index contributed by atoms with van der Waals surface area (Å²) in [7, 11) is 0. The molecule has 0 unspecified atom stereocenters. The van der Waals surface area contributed by atoms with Gasteiger partial charge in [-0.05, 0) is 18.2 Å². The van der Waals surface area contributed by atoms with Gasteiger partial charge < -0.3 is 10.8 Å². The van der Waals surface area contributed by atoms with E-state index in [9.17, 15) is 5.11 Å². The smallest absolute Gasteiger partial charge is 0.189 e. The third-order valence-electron chi connectivity index (χ3n) is 2.49. The number of aromatic hydroxyl groups is 1. The minimum atomic E-state index is 0.0454. The molecule has 3 N–H and O–H groups in total. The van der Waals surface area contributed by atoms with Crippen molar-refractivity contribution in [3.63, 3.8) is 0 Å². The highest BCUT2D eigenvalue weighted by Crippen LogP contribution is 2.29. The maximum absolute atomic E-state index is 9.54. The minimum Gasteiger partial charge on any atom is -0.508 e. The van der Waals surface area contributed by atoms with E-state index in [1.54, 1.807) is 6.07 Å². The summed E-state index contributed by atoms with van der Waals surface area (Å²) in [6, 6.07) is 4.63. The van der Waals surface area contributed by atoms with Gasteiger partial charge in [-0.1, -0.05) is 11.6 Å². The Bertz CT molecular complexity index is 650. The minimum absolute atomic E-state index is 0.0454. The molecular weight excluding hydrogens is 254 g/mol. The summed E-state index contributed by atoms with van der Waals surface area (Å²) in [5.41, 5.74) is 11.4. The van der Waals surface area contributed by atoms with Crippen LogP contribution >= 0.6 is 11.6 Å². The summed E-state index contributed by atoms with van der Waals surface area (Å²) < 4.78 is 0. The van der Waals surface area contributed by atoms with Crippen molar-refractivity contribution in [3.8, 4) is 5.75 Å². The molecule has 2 heterocycles. The lowest BCUT2D eigenvalue weighted by atomic mass is 10.0. The van der Waals surface area contributed by atoms with Crippen LogP contribution in [0.1, 0.15) is 11.1 Å². The summed E-state index contributed by atoms with van der Waals surface area (Å²) in [6.45, 7) is 0. The predicted octanol–water partition coefficient (Wildman–Crippen LogP) is 1.42. The quantitative estimate of drug-likeness (QED) is 0.810. The lowest BCUT2D eigenvalue weighted by Crippen LogP contribution is -2.06. The van der Waals surface area contributed by atoms with Crippen LogP contribution in [0.2, 0.25) is 5.02 Å². The number of hydrogen-bond acceptors (Lipinski definition) is 5. The first kappa shape index (κ1) is 10.8. The molecule has 89 valence electrons. The molecule has 1 aromatic carbocycles. The Morgan fingerprint density at radius 3 is 2.78 bits per heavy atom. The highest BCUT2D eigenvalue weighted by molar-refractivity contribution is 6.31. The zero-order valence-corrected chi connectivity index (χ0v) is 9.76. The number of hydrogen-bond donors (Lipinski definition) is 2. The molecule has 0 saturated carbocycles. The fourth-order valence-corrected chi connectivity index (χ4v) is 1.98. The van der Waals surface area contributed by atoms with Crippen LogP contribution in [-0.4, -0.2) is 20.8 Å². The van der Waals surface area contributed by atoms with E-state index in [0.29, 0.717) is 33.5 Å². The van der Waals surface area contributed by atoms with Crippen LogP contribution in [0, 0.1) is 0 Å². The Morgan fingerprint density at radius 1 is 1.17 bits per heavy atom. The number of anilines is 1. The first-order valence-corrected chi connectivity index (χ1v) is 5.42. The van der Waals surface area contributed by atoms with Crippen molar-refractivity contribution >= 4 is 28.9 Å². The average Bonchev–Trinajstić information content (AvgIpc) is 2.73. The first-order valence-electron chi connectivity index (χ1n) is 5.04. The molecule has 0 amide bonds. The Labute approximate surface area is 107 Å². The van der Waals surface area contributed by atoms with Crippen LogP contribution in [0.25, 0.3) is 0 Å². The van der Waals surface area contributed by atoms with E-state index in [1.165, 1.54) is 18.5 Å². The van der Waals surface area contributed by atoms with Gasteiger partial charge in [-0.25, -0.2) is 9.97 Å². The molecule has 7 heteroatoms. The third-order valence-corrected chi connectivity index (χ3v) is 2.71. The first-order chi connectivity index (χ1) is 8.65. The number of aromatic nitrogens is 2. The van der Waals surface area contributed by atoms with E-state index < -0.39 is 0 Å². The predicted molar refractivity (Wildman–Crippen MR) is 67.0 cm³/mol. The van der Waals surface area contributed by atoms with Gasteiger partial charge in [-0.3, -0.25) is 0 Å². The van der Waals surface area contributed by atoms with Gasteiger partial charge in [0.25, 0.3) is 0 Å². The number of nitrogen functional groups attached to an aromatic ring is 1. The number of halogens is 1. The van der Waals surface area contributed by atoms with Gasteiger partial charge in [-0.15, -0.1) is 10.5 Å². The zero-order valence-electron chi connectivity index (χ0n) is 9.00. The van der Waals surface area contributed by atoms with E-state index in [0.717, 1.165) is 0 Å². The van der Waals surface area contributed by atoms with Crippen molar-refractivity contribution in [1.82, 2.24) is 15.4 Å². The Morgan fingerprint density at radius 2 is 2.00 bits per heavy atom. The number of nitrogens with zero attached hydrogens (tertiary/aromatic N) is 4. The van der Waals surface area contributed by atoms with Crippen LogP contribution in [-0.2, 0) is 0 Å². The van der Waals surface area contributed by atoms with Crippen LogP contribution in [0.3, 0.4) is 0 Å². The maximum atomic E-state index is 9.54. The largest absolute Gasteiger partial charge is 0.508 e. The molecule has 1 radical (unpaired) electrons. The number of phenolic OH excluding ortho intramolecular Hbond substituents is 1. The van der Waals surface area contributed by atoms with Crippen molar-refractivity contribution < 1.29 is 5.11 Å². The van der Waals surface area contributed by atoms with Gasteiger partial charge in [-0.2, -0.15) is 0 Å². The lowest BCUT2D eigenvalue weighted by molar-refractivity contribution is 0.475. The number of fused-ring (bicyclic) bond motifs is 1. The average molecular weight is 261 g/mol. The molecule has 1 aromatic heterocycles. The van der Waals surface area contributed by atoms with Crippen molar-refractivity contribution in [2.45, 2.75) is 0 Å². The summed E-state index contributed by atoms with van der Waals surface area (Å²) in [4.78, 5) is 7.87. The number of benzene rings is 1. The van der Waals surface area contributed by atoms with E-state index in [2.05, 4.69) is 20.5 Å². The fourth-order valence-electron chi connectivity index (χ4n) is 1.75. The molecule has 2 aromatic rings. The highest BCUT2D eigenvalue weighted by atomic mass is 35.5. The second-order valence-corrected chi connectivity index (χ2v) is 4.14. The number of phenols is 1. The van der Waals surface area contributed by atoms with Gasteiger partial charge in [0.2, 0.25) is 0 Å².